The molecule has 3 fully saturated rings. The number of carbonyl (C=O) groups is 1. The summed E-state index contributed by atoms with van der Waals surface area (Å²) >= 11 is 0. The third kappa shape index (κ3) is 3.97. The number of carbonyl (C=O) groups excluding carboxylic acids is 1. The van der Waals surface area contributed by atoms with Gasteiger partial charge >= 0.3 is 0 Å². The van der Waals surface area contributed by atoms with Crippen LogP contribution in [-0.2, 0) is 10.2 Å². The molecular weight excluding hydrogens is 446 g/mol. The van der Waals surface area contributed by atoms with E-state index in [9.17, 15) is 9.18 Å². The third-order valence-electron chi connectivity index (χ3n) is 5.63. The van der Waals surface area contributed by atoms with Crippen molar-refractivity contribution in [1.29, 1.82) is 0 Å². The van der Waals surface area contributed by atoms with Crippen LogP contribution < -0.4 is 5.32 Å². The smallest absolute Gasteiger partial charge is 0.242 e. The average molecular weight is 472 g/mol. The van der Waals surface area contributed by atoms with Gasteiger partial charge in [0.2, 0.25) is 5.91 Å². The first-order valence-electron chi connectivity index (χ1n) is 9.12. The molecule has 0 spiro atoms. The van der Waals surface area contributed by atoms with Crippen LogP contribution in [0.15, 0.2) is 29.3 Å². The summed E-state index contributed by atoms with van der Waals surface area (Å²) in [4.78, 5) is 20.7. The molecule has 26 heavy (non-hydrogen) atoms. The summed E-state index contributed by atoms with van der Waals surface area (Å²) in [6.45, 7) is 2.71. The zero-order chi connectivity index (χ0) is 17.4. The van der Waals surface area contributed by atoms with E-state index < -0.39 is 0 Å². The van der Waals surface area contributed by atoms with Crippen molar-refractivity contribution in [2.45, 2.75) is 37.1 Å². The Morgan fingerprint density at radius 2 is 2.12 bits per heavy atom. The molecule has 4 rings (SSSR count). The molecule has 0 atom stereocenters. The lowest BCUT2D eigenvalue weighted by atomic mass is 9.96. The minimum Gasteiger partial charge on any atom is -0.355 e. The lowest BCUT2D eigenvalue weighted by Crippen LogP contribution is -2.56. The molecule has 1 heterocycles. The number of nitrogens with zero attached hydrogens (tertiary/aromatic N) is 3. The Hall–Kier alpha value is -1.38. The molecule has 2 aliphatic carbocycles. The van der Waals surface area contributed by atoms with Crippen molar-refractivity contribution in [3.63, 3.8) is 0 Å². The second-order valence-electron chi connectivity index (χ2n) is 7.43. The molecule has 1 aromatic carbocycles. The van der Waals surface area contributed by atoms with E-state index in [4.69, 9.17) is 0 Å². The van der Waals surface area contributed by atoms with Crippen molar-refractivity contribution in [2.75, 3.05) is 33.2 Å². The second-order valence-corrected chi connectivity index (χ2v) is 7.43. The van der Waals surface area contributed by atoms with E-state index in [1.807, 2.05) is 15.9 Å². The monoisotopic (exact) mass is 472 g/mol. The molecule has 3 aliphatic rings. The van der Waals surface area contributed by atoms with Gasteiger partial charge in [-0.2, -0.15) is 0 Å². The molecule has 1 aliphatic heterocycles. The van der Waals surface area contributed by atoms with E-state index >= 15 is 0 Å². The highest BCUT2D eigenvalue weighted by Crippen LogP contribution is 2.47. The summed E-state index contributed by atoms with van der Waals surface area (Å²) in [5, 5.41) is 3.42. The predicted octanol–water partition coefficient (Wildman–Crippen LogP) is 2.36. The van der Waals surface area contributed by atoms with Gasteiger partial charge in [-0.05, 0) is 43.4 Å². The molecule has 1 saturated heterocycles. The molecular formula is C19H26FIN4O. The fraction of sp³-hybridized carbons (Fsp3) is 0.579. The number of nitrogens with one attached hydrogen (secondary N) is 1. The van der Waals surface area contributed by atoms with Crippen LogP contribution in [0.1, 0.15) is 31.2 Å². The number of guanidine groups is 1. The number of piperazine rings is 1. The molecule has 2 saturated carbocycles. The molecule has 7 heteroatoms. The molecule has 0 radical (unpaired) electrons. The van der Waals surface area contributed by atoms with Crippen molar-refractivity contribution < 1.29 is 9.18 Å². The second kappa shape index (κ2) is 7.70. The van der Waals surface area contributed by atoms with Gasteiger partial charge in [0.1, 0.15) is 5.82 Å². The Balaban J connectivity index is 0.00000196. The molecule has 1 N–H and O–H groups in total. The van der Waals surface area contributed by atoms with Crippen molar-refractivity contribution in [2.24, 2.45) is 4.99 Å². The highest BCUT2D eigenvalue weighted by atomic mass is 127. The maximum Gasteiger partial charge on any atom is 0.242 e. The van der Waals surface area contributed by atoms with Gasteiger partial charge in [-0.3, -0.25) is 9.79 Å². The summed E-state index contributed by atoms with van der Waals surface area (Å²) in [6.07, 6.45) is 4.40. The van der Waals surface area contributed by atoms with E-state index in [1.165, 1.54) is 6.07 Å². The van der Waals surface area contributed by atoms with Crippen molar-refractivity contribution in [3.8, 4) is 0 Å². The van der Waals surface area contributed by atoms with Crippen LogP contribution in [-0.4, -0.2) is 60.9 Å². The largest absolute Gasteiger partial charge is 0.355 e. The molecule has 1 amide bonds. The first-order valence-corrected chi connectivity index (χ1v) is 9.12. The molecule has 5 nitrogen and oxygen atoms in total. The van der Waals surface area contributed by atoms with Gasteiger partial charge in [-0.15, -0.1) is 24.0 Å². The lowest BCUT2D eigenvalue weighted by molar-refractivity contribution is -0.135. The summed E-state index contributed by atoms with van der Waals surface area (Å²) in [5.74, 6) is 0.782. The van der Waals surface area contributed by atoms with E-state index in [-0.39, 0.29) is 41.1 Å². The lowest BCUT2D eigenvalue weighted by Gasteiger charge is -2.36. The Kier molecular flexibility index (Phi) is 5.74. The summed E-state index contributed by atoms with van der Waals surface area (Å²) in [5.41, 5.74) is 1.04. The Bertz CT molecular complexity index is 703. The fourth-order valence-electron chi connectivity index (χ4n) is 3.76. The van der Waals surface area contributed by atoms with Crippen molar-refractivity contribution in [3.05, 3.63) is 35.6 Å². The van der Waals surface area contributed by atoms with E-state index in [2.05, 4.69) is 10.3 Å². The summed E-state index contributed by atoms with van der Waals surface area (Å²) < 4.78 is 13.5. The van der Waals surface area contributed by atoms with Gasteiger partial charge in [0.05, 0.1) is 6.54 Å². The minimum absolute atomic E-state index is 0. The van der Waals surface area contributed by atoms with Crippen LogP contribution in [0.4, 0.5) is 4.39 Å². The van der Waals surface area contributed by atoms with E-state index in [0.717, 1.165) is 56.8 Å². The standard InChI is InChI=1S/C19H25FN4O.HI/c1-21-18(23-9-10-24(16-5-6-16)17(25)12-23)22-13-19(7-8-19)14-3-2-4-15(20)11-14;/h2-4,11,16H,5-10,12-13H2,1H3,(H,21,22);1H. The number of rotatable bonds is 4. The highest BCUT2D eigenvalue weighted by molar-refractivity contribution is 14.0. The van der Waals surface area contributed by atoms with Crippen molar-refractivity contribution in [1.82, 2.24) is 15.1 Å². The molecule has 1 aromatic rings. The number of halogens is 2. The number of aliphatic imine (C=N–C) groups is 1. The first kappa shape index (κ1) is 19.4. The molecule has 0 unspecified atom stereocenters. The zero-order valence-electron chi connectivity index (χ0n) is 15.1. The Morgan fingerprint density at radius 3 is 2.69 bits per heavy atom. The quantitative estimate of drug-likeness (QED) is 0.416. The van der Waals surface area contributed by atoms with Crippen LogP contribution in [0, 0.1) is 5.82 Å². The van der Waals surface area contributed by atoms with Crippen LogP contribution >= 0.6 is 24.0 Å². The van der Waals surface area contributed by atoms with Crippen LogP contribution in [0.25, 0.3) is 0 Å². The molecule has 0 aromatic heterocycles. The number of amides is 1. The average Bonchev–Trinajstić information content (AvgIpc) is 3.50. The van der Waals surface area contributed by atoms with Gasteiger partial charge in [0.25, 0.3) is 0 Å². The zero-order valence-corrected chi connectivity index (χ0v) is 17.4. The van der Waals surface area contributed by atoms with Gasteiger partial charge in [0.15, 0.2) is 5.96 Å². The van der Waals surface area contributed by atoms with Crippen LogP contribution in [0.3, 0.4) is 0 Å². The van der Waals surface area contributed by atoms with E-state index in [1.54, 1.807) is 19.2 Å². The SMILES string of the molecule is CN=C(NCC1(c2cccc(F)c2)CC1)N1CCN(C2CC2)C(=O)C1.I. The third-order valence-corrected chi connectivity index (χ3v) is 5.63. The molecule has 142 valence electrons. The number of hydrogen-bond acceptors (Lipinski definition) is 2. The topological polar surface area (TPSA) is 47.9 Å². The van der Waals surface area contributed by atoms with Crippen LogP contribution in [0.5, 0.6) is 0 Å². The van der Waals surface area contributed by atoms with Gasteiger partial charge in [-0.1, -0.05) is 12.1 Å². The maximum atomic E-state index is 13.5. The Labute approximate surface area is 171 Å². The first-order chi connectivity index (χ1) is 12.1. The summed E-state index contributed by atoms with van der Waals surface area (Å²) in [7, 11) is 1.75. The normalized spacial score (nSPS) is 22.1. The summed E-state index contributed by atoms with van der Waals surface area (Å²) in [6, 6.07) is 7.37. The van der Waals surface area contributed by atoms with E-state index in [0.29, 0.717) is 12.6 Å². The van der Waals surface area contributed by atoms with Gasteiger partial charge in [-0.25, -0.2) is 4.39 Å². The van der Waals surface area contributed by atoms with Gasteiger partial charge in [0, 0.05) is 38.1 Å². The maximum absolute atomic E-state index is 13.5. The van der Waals surface area contributed by atoms with Crippen LogP contribution in [0.2, 0.25) is 0 Å². The molecule has 0 bridgehead atoms. The van der Waals surface area contributed by atoms with Crippen molar-refractivity contribution >= 4 is 35.8 Å². The Morgan fingerprint density at radius 1 is 1.35 bits per heavy atom. The number of hydrogen-bond donors (Lipinski definition) is 1. The number of benzene rings is 1. The highest BCUT2D eigenvalue weighted by Gasteiger charge is 2.44. The van der Waals surface area contributed by atoms with Gasteiger partial charge < -0.3 is 15.1 Å². The minimum atomic E-state index is -0.185. The predicted molar refractivity (Wildman–Crippen MR) is 110 cm³/mol. The fourth-order valence-corrected chi connectivity index (χ4v) is 3.76.